The summed E-state index contributed by atoms with van der Waals surface area (Å²) in [6, 6.07) is 14.0. The van der Waals surface area contributed by atoms with Crippen molar-refractivity contribution in [2.24, 2.45) is 0 Å². The first kappa shape index (κ1) is 15.8. The van der Waals surface area contributed by atoms with E-state index >= 15 is 0 Å². The van der Waals surface area contributed by atoms with Crippen LogP contribution >= 0.6 is 22.9 Å². The molecule has 3 aromatic rings. The third-order valence-electron chi connectivity index (χ3n) is 3.42. The molecule has 118 valence electrons. The van der Waals surface area contributed by atoms with E-state index in [-0.39, 0.29) is 12.1 Å². The van der Waals surface area contributed by atoms with Crippen molar-refractivity contribution in [3.63, 3.8) is 0 Å². The number of ether oxygens (including phenoxy) is 1. The minimum atomic E-state index is -0.344. The van der Waals surface area contributed by atoms with Gasteiger partial charge in [0.1, 0.15) is 5.69 Å². The predicted molar refractivity (Wildman–Crippen MR) is 92.9 cm³/mol. The maximum atomic E-state index is 12.4. The number of esters is 1. The smallest absolute Gasteiger partial charge is 0.352 e. The van der Waals surface area contributed by atoms with Gasteiger partial charge in [0.05, 0.1) is 11.0 Å². The Kier molecular flexibility index (Phi) is 5.15. The molecule has 0 aliphatic rings. The molecule has 0 saturated carbocycles. The third kappa shape index (κ3) is 4.03. The van der Waals surface area contributed by atoms with Crippen LogP contribution in [0.2, 0.25) is 0 Å². The number of hydrogen-bond acceptors (Lipinski definition) is 6. The van der Waals surface area contributed by atoms with Crippen molar-refractivity contribution in [3.8, 4) is 10.6 Å². The number of aromatic nitrogens is 2. The van der Waals surface area contributed by atoms with Crippen molar-refractivity contribution in [3.05, 3.63) is 58.3 Å². The molecule has 0 bridgehead atoms. The van der Waals surface area contributed by atoms with Crippen molar-refractivity contribution in [1.29, 1.82) is 0 Å². The van der Waals surface area contributed by atoms with Crippen LogP contribution in [0.5, 0.6) is 0 Å². The van der Waals surface area contributed by atoms with Gasteiger partial charge >= 0.3 is 5.97 Å². The van der Waals surface area contributed by atoms with Crippen LogP contribution in [0.3, 0.4) is 0 Å². The summed E-state index contributed by atoms with van der Waals surface area (Å²) in [4.78, 5) is 13.8. The van der Waals surface area contributed by atoms with E-state index in [2.05, 4.69) is 21.7 Å². The molecule has 1 atom stereocenters. The van der Waals surface area contributed by atoms with Gasteiger partial charge in [0.25, 0.3) is 0 Å². The quantitative estimate of drug-likeness (QED) is 0.620. The van der Waals surface area contributed by atoms with Gasteiger partial charge in [0.15, 0.2) is 4.88 Å². The molecule has 0 aliphatic carbocycles. The molecule has 0 amide bonds. The van der Waals surface area contributed by atoms with Crippen LogP contribution in [-0.2, 0) is 11.2 Å². The number of hydrogen-bond donors (Lipinski definition) is 0. The van der Waals surface area contributed by atoms with E-state index in [1.54, 1.807) is 0 Å². The highest BCUT2D eigenvalue weighted by atomic mass is 32.1. The summed E-state index contributed by atoms with van der Waals surface area (Å²) in [6.45, 7) is 1.92. The van der Waals surface area contributed by atoms with E-state index in [1.807, 2.05) is 42.6 Å². The summed E-state index contributed by atoms with van der Waals surface area (Å²) in [7, 11) is 0. The lowest BCUT2D eigenvalue weighted by Gasteiger charge is -2.12. The summed E-state index contributed by atoms with van der Waals surface area (Å²) in [5.41, 5.74) is 1.86. The van der Waals surface area contributed by atoms with Crippen molar-refractivity contribution in [1.82, 2.24) is 9.59 Å². The highest BCUT2D eigenvalue weighted by Gasteiger charge is 2.21. The van der Waals surface area contributed by atoms with Crippen LogP contribution in [0.15, 0.2) is 47.8 Å². The Balaban J connectivity index is 1.60. The molecular weight excluding hydrogens is 328 g/mol. The summed E-state index contributed by atoms with van der Waals surface area (Å²) in [6.07, 6.45) is 1.52. The first-order valence-electron chi connectivity index (χ1n) is 7.35. The van der Waals surface area contributed by atoms with Crippen molar-refractivity contribution in [2.75, 3.05) is 0 Å². The number of carbonyl (C=O) groups is 1. The molecule has 3 rings (SSSR count). The highest BCUT2D eigenvalue weighted by Crippen LogP contribution is 2.28. The van der Waals surface area contributed by atoms with E-state index in [1.165, 1.54) is 16.9 Å². The lowest BCUT2D eigenvalue weighted by atomic mass is 10.1. The van der Waals surface area contributed by atoms with E-state index in [4.69, 9.17) is 4.74 Å². The van der Waals surface area contributed by atoms with Crippen LogP contribution in [0, 0.1) is 0 Å². The van der Waals surface area contributed by atoms with Crippen molar-refractivity contribution in [2.45, 2.75) is 25.9 Å². The number of aryl methyl sites for hydroxylation is 1. The number of carbonyl (C=O) groups excluding carboxylic acids is 1. The van der Waals surface area contributed by atoms with Crippen LogP contribution in [0.4, 0.5) is 0 Å². The third-order valence-corrected chi connectivity index (χ3v) is 5.00. The molecule has 0 N–H and O–H groups in total. The van der Waals surface area contributed by atoms with Gasteiger partial charge in [-0.15, -0.1) is 16.4 Å². The fourth-order valence-corrected chi connectivity index (χ4v) is 3.55. The van der Waals surface area contributed by atoms with Crippen LogP contribution in [0.1, 0.15) is 28.6 Å². The molecule has 0 spiro atoms. The Bertz CT molecular complexity index is 754. The van der Waals surface area contributed by atoms with E-state index in [0.29, 0.717) is 10.6 Å². The first-order valence-corrected chi connectivity index (χ1v) is 9.00. The average molecular weight is 344 g/mol. The molecule has 0 fully saturated rings. The molecule has 0 radical (unpaired) electrons. The Labute approximate surface area is 142 Å². The summed E-state index contributed by atoms with van der Waals surface area (Å²) in [5, 5.41) is 6.01. The summed E-state index contributed by atoms with van der Waals surface area (Å²) >= 11 is 2.62. The second-order valence-corrected chi connectivity index (χ2v) is 6.87. The van der Waals surface area contributed by atoms with Crippen molar-refractivity contribution >= 4 is 28.8 Å². The Hall–Kier alpha value is -2.05. The topological polar surface area (TPSA) is 52.1 Å². The maximum Gasteiger partial charge on any atom is 0.352 e. The van der Waals surface area contributed by atoms with Gasteiger partial charge in [-0.25, -0.2) is 4.79 Å². The van der Waals surface area contributed by atoms with Gasteiger partial charge < -0.3 is 4.74 Å². The standard InChI is InChI=1S/C17H16N2O2S2/c1-12(9-10-13-6-3-2-4-7-13)21-17(20)16-15(18-19-23-16)14-8-5-11-22-14/h2-8,11-12H,9-10H2,1H3/t12-/m1/s1. The zero-order valence-electron chi connectivity index (χ0n) is 12.6. The van der Waals surface area contributed by atoms with Gasteiger partial charge in [-0.05, 0) is 48.3 Å². The number of benzene rings is 1. The molecular formula is C17H16N2O2S2. The van der Waals surface area contributed by atoms with Gasteiger partial charge in [-0.2, -0.15) is 0 Å². The minimum absolute atomic E-state index is 0.152. The molecule has 6 heteroatoms. The molecule has 0 aliphatic heterocycles. The van der Waals surface area contributed by atoms with Crippen LogP contribution in [-0.4, -0.2) is 21.7 Å². The Morgan fingerprint density at radius 1 is 1.22 bits per heavy atom. The number of rotatable bonds is 6. The zero-order chi connectivity index (χ0) is 16.1. The second-order valence-electron chi connectivity index (χ2n) is 5.17. The average Bonchev–Trinajstić information content (AvgIpc) is 3.24. The molecule has 0 unspecified atom stereocenters. The van der Waals surface area contributed by atoms with Crippen LogP contribution in [0.25, 0.3) is 10.6 Å². The monoisotopic (exact) mass is 344 g/mol. The van der Waals surface area contributed by atoms with Gasteiger partial charge in [0.2, 0.25) is 0 Å². The summed E-state index contributed by atoms with van der Waals surface area (Å²) < 4.78 is 9.45. The Morgan fingerprint density at radius 2 is 2.04 bits per heavy atom. The predicted octanol–water partition coefficient (Wildman–Crippen LogP) is 4.44. The molecule has 2 aromatic heterocycles. The van der Waals surface area contributed by atoms with Gasteiger partial charge in [-0.3, -0.25) is 0 Å². The first-order chi connectivity index (χ1) is 11.2. The lowest BCUT2D eigenvalue weighted by molar-refractivity contribution is 0.0332. The Morgan fingerprint density at radius 3 is 2.78 bits per heavy atom. The molecule has 1 aromatic carbocycles. The van der Waals surface area contributed by atoms with Gasteiger partial charge in [0, 0.05) is 0 Å². The highest BCUT2D eigenvalue weighted by molar-refractivity contribution is 7.14. The molecule has 4 nitrogen and oxygen atoms in total. The summed E-state index contributed by atoms with van der Waals surface area (Å²) in [5.74, 6) is -0.344. The molecule has 23 heavy (non-hydrogen) atoms. The van der Waals surface area contributed by atoms with Gasteiger partial charge in [-0.1, -0.05) is 40.9 Å². The minimum Gasteiger partial charge on any atom is -0.458 e. The van der Waals surface area contributed by atoms with Crippen molar-refractivity contribution < 1.29 is 9.53 Å². The largest absolute Gasteiger partial charge is 0.458 e. The maximum absolute atomic E-state index is 12.4. The van der Waals surface area contributed by atoms with E-state index in [9.17, 15) is 4.79 Å². The fraction of sp³-hybridized carbons (Fsp3) is 0.235. The zero-order valence-corrected chi connectivity index (χ0v) is 14.3. The number of thiophene rings is 1. The van der Waals surface area contributed by atoms with E-state index in [0.717, 1.165) is 29.3 Å². The van der Waals surface area contributed by atoms with Crippen LogP contribution < -0.4 is 0 Å². The molecule has 0 saturated heterocycles. The molecule has 2 heterocycles. The lowest BCUT2D eigenvalue weighted by Crippen LogP contribution is -2.15. The SMILES string of the molecule is C[C@H](CCc1ccccc1)OC(=O)c1snnc1-c1cccs1. The van der Waals surface area contributed by atoms with E-state index < -0.39 is 0 Å². The normalized spacial score (nSPS) is 12.0. The second kappa shape index (κ2) is 7.48. The number of nitrogens with zero attached hydrogens (tertiary/aromatic N) is 2. The fourth-order valence-electron chi connectivity index (χ4n) is 2.21.